The minimum absolute atomic E-state index is 0.131. The molecule has 0 saturated carbocycles. The van der Waals surface area contributed by atoms with Crippen molar-refractivity contribution in [2.75, 3.05) is 36.4 Å². The van der Waals surface area contributed by atoms with Gasteiger partial charge in [0, 0.05) is 26.2 Å². The van der Waals surface area contributed by atoms with Crippen LogP contribution in [0.15, 0.2) is 47.4 Å². The van der Waals surface area contributed by atoms with Crippen LogP contribution in [0.5, 0.6) is 0 Å². The molecule has 1 unspecified atom stereocenters. The summed E-state index contributed by atoms with van der Waals surface area (Å²) in [5.74, 6) is -0.639. The Morgan fingerprint density at radius 1 is 1.11 bits per heavy atom. The zero-order chi connectivity index (χ0) is 19.9. The first-order valence-electron chi connectivity index (χ1n) is 9.03. The van der Waals surface area contributed by atoms with Crippen molar-refractivity contribution in [2.45, 2.75) is 18.0 Å². The number of aryl methyl sites for hydroxylation is 1. The fourth-order valence-electron chi connectivity index (χ4n) is 3.57. The summed E-state index contributed by atoms with van der Waals surface area (Å²) in [7, 11) is -3.77. The van der Waals surface area contributed by atoms with Crippen molar-refractivity contribution < 1.29 is 17.6 Å². The average Bonchev–Trinajstić information content (AvgIpc) is 2.67. The Morgan fingerprint density at radius 3 is 2.54 bits per heavy atom. The van der Waals surface area contributed by atoms with Crippen LogP contribution in [0.4, 0.5) is 15.8 Å². The van der Waals surface area contributed by atoms with Crippen LogP contribution in [0.2, 0.25) is 0 Å². The Balaban J connectivity index is 1.47. The van der Waals surface area contributed by atoms with Crippen LogP contribution < -0.4 is 14.9 Å². The largest absolute Gasteiger partial charge is 0.366 e. The summed E-state index contributed by atoms with van der Waals surface area (Å²) < 4.78 is 41.4. The molecular formula is C19H21FN4O3S. The molecule has 0 radical (unpaired) electrons. The normalized spacial score (nSPS) is 21.0. The number of sulfonamides is 1. The van der Waals surface area contributed by atoms with Gasteiger partial charge in [-0.2, -0.15) is 4.72 Å². The maximum Gasteiger partial charge on any atom is 0.261 e. The Kier molecular flexibility index (Phi) is 4.72. The van der Waals surface area contributed by atoms with Gasteiger partial charge < -0.3 is 15.1 Å². The van der Waals surface area contributed by atoms with E-state index < -0.39 is 16.2 Å². The Morgan fingerprint density at radius 2 is 1.82 bits per heavy atom. The standard InChI is InChI=1S/C19H21FN4O3S/c1-13-6-7-17-15(12-13)21-18(22-28(17,26)27)19(25)24-10-8-23(9-11-24)16-5-3-2-4-14(16)20/h2-7,12,18,21-22H,8-11H2,1H3. The number of piperazine rings is 1. The van der Waals surface area contributed by atoms with Crippen LogP contribution in [-0.2, 0) is 14.8 Å². The molecule has 0 bridgehead atoms. The topological polar surface area (TPSA) is 81.8 Å². The maximum absolute atomic E-state index is 14.0. The minimum atomic E-state index is -3.77. The zero-order valence-corrected chi connectivity index (χ0v) is 16.2. The summed E-state index contributed by atoms with van der Waals surface area (Å²) in [6.07, 6.45) is -1.06. The van der Waals surface area contributed by atoms with Crippen LogP contribution in [0.25, 0.3) is 0 Å². The van der Waals surface area contributed by atoms with E-state index in [9.17, 15) is 17.6 Å². The number of fused-ring (bicyclic) bond motifs is 1. The molecule has 2 heterocycles. The molecule has 0 spiro atoms. The lowest BCUT2D eigenvalue weighted by atomic mass is 10.2. The summed E-state index contributed by atoms with van der Waals surface area (Å²) in [6.45, 7) is 3.57. The van der Waals surface area contributed by atoms with E-state index in [4.69, 9.17) is 0 Å². The van der Waals surface area contributed by atoms with Gasteiger partial charge >= 0.3 is 0 Å². The Labute approximate surface area is 163 Å². The number of rotatable bonds is 2. The Bertz CT molecular complexity index is 1020. The van der Waals surface area contributed by atoms with Crippen molar-refractivity contribution in [3.63, 3.8) is 0 Å². The summed E-state index contributed by atoms with van der Waals surface area (Å²) in [4.78, 5) is 16.5. The van der Waals surface area contributed by atoms with Crippen molar-refractivity contribution in [3.8, 4) is 0 Å². The molecule has 148 valence electrons. The van der Waals surface area contributed by atoms with Crippen LogP contribution >= 0.6 is 0 Å². The van der Waals surface area contributed by atoms with E-state index in [1.807, 2.05) is 11.8 Å². The van der Waals surface area contributed by atoms with E-state index in [0.29, 0.717) is 37.6 Å². The van der Waals surface area contributed by atoms with Gasteiger partial charge in [-0.15, -0.1) is 0 Å². The molecule has 1 atom stereocenters. The number of anilines is 2. The van der Waals surface area contributed by atoms with E-state index in [1.54, 1.807) is 35.2 Å². The third kappa shape index (κ3) is 3.43. The highest BCUT2D eigenvalue weighted by Gasteiger charge is 2.36. The molecular weight excluding hydrogens is 383 g/mol. The van der Waals surface area contributed by atoms with Crippen molar-refractivity contribution in [1.29, 1.82) is 0 Å². The van der Waals surface area contributed by atoms with E-state index in [1.165, 1.54) is 12.1 Å². The third-order valence-corrected chi connectivity index (χ3v) is 6.51. The summed E-state index contributed by atoms with van der Waals surface area (Å²) >= 11 is 0. The summed E-state index contributed by atoms with van der Waals surface area (Å²) in [6, 6.07) is 11.5. The smallest absolute Gasteiger partial charge is 0.261 e. The molecule has 28 heavy (non-hydrogen) atoms. The fraction of sp³-hybridized carbons (Fsp3) is 0.316. The number of halogens is 1. The molecule has 1 saturated heterocycles. The van der Waals surface area contributed by atoms with E-state index in [-0.39, 0.29) is 16.6 Å². The number of carbonyl (C=O) groups is 1. The highest BCUT2D eigenvalue weighted by Crippen LogP contribution is 2.27. The van der Waals surface area contributed by atoms with Crippen LogP contribution in [-0.4, -0.2) is 51.6 Å². The van der Waals surface area contributed by atoms with Crippen molar-refractivity contribution >= 4 is 27.3 Å². The molecule has 7 nitrogen and oxygen atoms in total. The van der Waals surface area contributed by atoms with Gasteiger partial charge in [0.2, 0.25) is 10.0 Å². The molecule has 2 aliphatic heterocycles. The van der Waals surface area contributed by atoms with Crippen LogP contribution in [0.3, 0.4) is 0 Å². The monoisotopic (exact) mass is 404 g/mol. The maximum atomic E-state index is 14.0. The second-order valence-electron chi connectivity index (χ2n) is 6.96. The molecule has 9 heteroatoms. The molecule has 2 N–H and O–H groups in total. The first-order valence-corrected chi connectivity index (χ1v) is 10.5. The lowest BCUT2D eigenvalue weighted by Gasteiger charge is -2.38. The number of para-hydroxylation sites is 1. The number of amides is 1. The van der Waals surface area contributed by atoms with Crippen LogP contribution in [0.1, 0.15) is 5.56 Å². The molecule has 1 fully saturated rings. The van der Waals surface area contributed by atoms with Gasteiger partial charge in [0.1, 0.15) is 10.7 Å². The zero-order valence-electron chi connectivity index (χ0n) is 15.4. The van der Waals surface area contributed by atoms with Gasteiger partial charge in [-0.1, -0.05) is 18.2 Å². The molecule has 2 aromatic carbocycles. The lowest BCUT2D eigenvalue weighted by Crippen LogP contribution is -2.58. The second-order valence-corrected chi connectivity index (χ2v) is 8.64. The van der Waals surface area contributed by atoms with Gasteiger partial charge in [0.15, 0.2) is 6.17 Å². The molecule has 0 aromatic heterocycles. The van der Waals surface area contributed by atoms with E-state index in [0.717, 1.165) is 5.56 Å². The van der Waals surface area contributed by atoms with Gasteiger partial charge in [-0.3, -0.25) is 4.79 Å². The van der Waals surface area contributed by atoms with E-state index in [2.05, 4.69) is 10.0 Å². The number of nitrogens with zero attached hydrogens (tertiary/aromatic N) is 2. The van der Waals surface area contributed by atoms with Crippen molar-refractivity contribution in [2.24, 2.45) is 0 Å². The van der Waals surface area contributed by atoms with Crippen LogP contribution in [0, 0.1) is 12.7 Å². The average molecular weight is 404 g/mol. The molecule has 1 amide bonds. The molecule has 2 aliphatic rings. The summed E-state index contributed by atoms with van der Waals surface area (Å²) in [5, 5.41) is 2.99. The number of hydrogen-bond acceptors (Lipinski definition) is 5. The predicted molar refractivity (Wildman–Crippen MR) is 104 cm³/mol. The summed E-state index contributed by atoms with van der Waals surface area (Å²) in [5.41, 5.74) is 1.82. The lowest BCUT2D eigenvalue weighted by molar-refractivity contribution is -0.132. The van der Waals surface area contributed by atoms with Gasteiger partial charge in [-0.05, 0) is 36.8 Å². The molecule has 2 aromatic rings. The van der Waals surface area contributed by atoms with Crippen molar-refractivity contribution in [3.05, 3.63) is 53.8 Å². The quantitative estimate of drug-likeness (QED) is 0.793. The minimum Gasteiger partial charge on any atom is -0.366 e. The first kappa shape index (κ1) is 18.7. The number of nitrogens with one attached hydrogen (secondary N) is 2. The number of hydrogen-bond donors (Lipinski definition) is 2. The van der Waals surface area contributed by atoms with E-state index >= 15 is 0 Å². The Hall–Kier alpha value is -2.65. The van der Waals surface area contributed by atoms with Crippen molar-refractivity contribution in [1.82, 2.24) is 9.62 Å². The first-order chi connectivity index (χ1) is 13.3. The van der Waals surface area contributed by atoms with Gasteiger partial charge in [0.25, 0.3) is 5.91 Å². The predicted octanol–water partition coefficient (Wildman–Crippen LogP) is 1.51. The fourth-order valence-corrected chi connectivity index (χ4v) is 4.82. The highest BCUT2D eigenvalue weighted by atomic mass is 32.2. The second kappa shape index (κ2) is 7.06. The van der Waals surface area contributed by atoms with Gasteiger partial charge in [-0.25, -0.2) is 12.8 Å². The SMILES string of the molecule is Cc1ccc2c(c1)NC(C(=O)N1CCN(c3ccccc3F)CC1)NS2(=O)=O. The number of benzene rings is 2. The van der Waals surface area contributed by atoms with Gasteiger partial charge in [0.05, 0.1) is 11.4 Å². The number of carbonyl (C=O) groups excluding carboxylic acids is 1. The third-order valence-electron chi connectivity index (χ3n) is 5.03. The molecule has 0 aliphatic carbocycles. The molecule has 4 rings (SSSR count). The highest BCUT2D eigenvalue weighted by molar-refractivity contribution is 7.89.